The van der Waals surface area contributed by atoms with Crippen molar-refractivity contribution in [2.24, 2.45) is 0 Å². The third kappa shape index (κ3) is 4.67. The summed E-state index contributed by atoms with van der Waals surface area (Å²) < 4.78 is 6.74. The highest BCUT2D eigenvalue weighted by atomic mass is 16.3. The van der Waals surface area contributed by atoms with Crippen molar-refractivity contribution in [2.75, 3.05) is 4.90 Å². The first-order valence-corrected chi connectivity index (χ1v) is 18.5. The Labute approximate surface area is 312 Å². The number of furan rings is 1. The van der Waals surface area contributed by atoms with Crippen molar-refractivity contribution in [1.29, 1.82) is 0 Å². The lowest BCUT2D eigenvalue weighted by Crippen LogP contribution is -2.11. The zero-order chi connectivity index (χ0) is 35.6. The molecule has 0 bridgehead atoms. The van der Waals surface area contributed by atoms with E-state index < -0.39 is 0 Å². The van der Waals surface area contributed by atoms with E-state index in [1.807, 2.05) is 0 Å². The van der Waals surface area contributed by atoms with E-state index in [0.717, 1.165) is 50.0 Å². The number of hydrogen-bond donors (Lipinski definition) is 0. The van der Waals surface area contributed by atoms with E-state index in [1.165, 1.54) is 54.4 Å². The van der Waals surface area contributed by atoms with Crippen LogP contribution in [0.3, 0.4) is 0 Å². The van der Waals surface area contributed by atoms with Crippen molar-refractivity contribution < 1.29 is 4.42 Å². The van der Waals surface area contributed by atoms with Gasteiger partial charge in [-0.1, -0.05) is 164 Å². The molecule has 2 heteroatoms. The fourth-order valence-electron chi connectivity index (χ4n) is 8.68. The van der Waals surface area contributed by atoms with Crippen LogP contribution in [0.4, 0.5) is 17.1 Å². The van der Waals surface area contributed by atoms with Crippen LogP contribution in [0.2, 0.25) is 0 Å². The minimum atomic E-state index is 0.868. The van der Waals surface area contributed by atoms with Crippen LogP contribution < -0.4 is 4.90 Å². The van der Waals surface area contributed by atoms with Gasteiger partial charge in [0, 0.05) is 21.8 Å². The molecule has 0 aliphatic heterocycles. The zero-order valence-corrected chi connectivity index (χ0v) is 29.4. The Morgan fingerprint density at radius 2 is 0.870 bits per heavy atom. The number of hydrogen-bond acceptors (Lipinski definition) is 2. The van der Waals surface area contributed by atoms with E-state index in [0.29, 0.717) is 0 Å². The normalized spacial score (nSPS) is 11.7. The predicted molar refractivity (Wildman–Crippen MR) is 229 cm³/mol. The highest BCUT2D eigenvalue weighted by molar-refractivity contribution is 6.23. The lowest BCUT2D eigenvalue weighted by atomic mass is 9.85. The van der Waals surface area contributed by atoms with Gasteiger partial charge in [-0.2, -0.15) is 0 Å². The molecule has 10 aromatic carbocycles. The van der Waals surface area contributed by atoms with Gasteiger partial charge >= 0.3 is 0 Å². The van der Waals surface area contributed by atoms with Crippen LogP contribution in [0, 0.1) is 0 Å². The van der Waals surface area contributed by atoms with Crippen molar-refractivity contribution in [3.8, 4) is 22.3 Å². The highest BCUT2D eigenvalue weighted by Crippen LogP contribution is 2.49. The molecular weight excluding hydrogens is 655 g/mol. The maximum atomic E-state index is 6.74. The monoisotopic (exact) mass is 687 g/mol. The minimum Gasteiger partial charge on any atom is -0.455 e. The van der Waals surface area contributed by atoms with Gasteiger partial charge in [-0.3, -0.25) is 0 Å². The Hall–Kier alpha value is -7.16. The molecule has 252 valence electrons. The summed E-state index contributed by atoms with van der Waals surface area (Å²) in [6, 6.07) is 72.3. The third-order valence-corrected chi connectivity index (χ3v) is 11.0. The molecule has 0 amide bonds. The lowest BCUT2D eigenvalue weighted by Gasteiger charge is -2.28. The van der Waals surface area contributed by atoms with Crippen LogP contribution in [-0.2, 0) is 0 Å². The summed E-state index contributed by atoms with van der Waals surface area (Å²) in [5.74, 6) is 0. The van der Waals surface area contributed by atoms with Crippen molar-refractivity contribution in [3.63, 3.8) is 0 Å². The van der Waals surface area contributed by atoms with Gasteiger partial charge in [0.15, 0.2) is 0 Å². The van der Waals surface area contributed by atoms with Crippen LogP contribution in [0.5, 0.6) is 0 Å². The van der Waals surface area contributed by atoms with E-state index in [9.17, 15) is 0 Å². The molecule has 11 aromatic rings. The second-order valence-corrected chi connectivity index (χ2v) is 14.0. The highest BCUT2D eigenvalue weighted by Gasteiger charge is 2.23. The second kappa shape index (κ2) is 12.2. The average Bonchev–Trinajstić information content (AvgIpc) is 3.64. The molecule has 0 aliphatic carbocycles. The number of anilines is 3. The van der Waals surface area contributed by atoms with Gasteiger partial charge in [-0.25, -0.2) is 0 Å². The van der Waals surface area contributed by atoms with Gasteiger partial charge in [0.25, 0.3) is 0 Å². The fourth-order valence-corrected chi connectivity index (χ4v) is 8.68. The topological polar surface area (TPSA) is 16.4 Å². The standard InChI is InChI=1S/C52H33NO/c1-2-17-36(18-3-1)49-43-26-10-8-24-41(43)42-25-9-11-27-44(42)50(49)37-20-12-21-38(33-37)53(46-28-13-19-34-15-4-6-22-39(34)46)47-29-14-30-48-51(47)45-32-31-35-16-5-7-23-40(35)52(45)54-48/h1-33H. The Bertz CT molecular complexity index is 3220. The van der Waals surface area contributed by atoms with Crippen molar-refractivity contribution >= 4 is 82.1 Å². The van der Waals surface area contributed by atoms with E-state index in [1.54, 1.807) is 0 Å². The summed E-state index contributed by atoms with van der Waals surface area (Å²) in [6.45, 7) is 0. The van der Waals surface area contributed by atoms with E-state index in [2.05, 4.69) is 205 Å². The molecule has 0 aliphatic rings. The largest absolute Gasteiger partial charge is 0.455 e. The summed E-state index contributed by atoms with van der Waals surface area (Å²) in [5, 5.41) is 11.9. The van der Waals surface area contributed by atoms with Crippen LogP contribution in [0.1, 0.15) is 0 Å². The fraction of sp³-hybridized carbons (Fsp3) is 0. The van der Waals surface area contributed by atoms with Crippen LogP contribution in [0.15, 0.2) is 205 Å². The van der Waals surface area contributed by atoms with Gasteiger partial charge in [0.05, 0.1) is 16.8 Å². The minimum absolute atomic E-state index is 0.868. The second-order valence-electron chi connectivity index (χ2n) is 14.0. The summed E-state index contributed by atoms with van der Waals surface area (Å²) in [6.07, 6.45) is 0. The zero-order valence-electron chi connectivity index (χ0n) is 29.4. The molecule has 0 saturated heterocycles. The molecule has 0 N–H and O–H groups in total. The number of rotatable bonds is 5. The molecular formula is C52H33NO. The smallest absolute Gasteiger partial charge is 0.143 e. The summed E-state index contributed by atoms with van der Waals surface area (Å²) in [5.41, 5.74) is 9.87. The van der Waals surface area contributed by atoms with Crippen molar-refractivity contribution in [1.82, 2.24) is 0 Å². The molecule has 0 atom stereocenters. The maximum absolute atomic E-state index is 6.74. The van der Waals surface area contributed by atoms with Gasteiger partial charge in [-0.05, 0) is 91.0 Å². The van der Waals surface area contributed by atoms with Gasteiger partial charge in [0.1, 0.15) is 11.2 Å². The molecule has 11 rings (SSSR count). The summed E-state index contributed by atoms with van der Waals surface area (Å²) >= 11 is 0. The SMILES string of the molecule is c1ccc(-c2c(-c3cccc(N(c4cccc5ccccc45)c4cccc5oc6c7ccccc7ccc6c45)c3)c3ccccc3c3ccccc23)cc1. The molecule has 1 aromatic heterocycles. The molecule has 2 nitrogen and oxygen atoms in total. The van der Waals surface area contributed by atoms with Crippen LogP contribution >= 0.6 is 0 Å². The number of fused-ring (bicyclic) bond motifs is 9. The third-order valence-electron chi connectivity index (χ3n) is 11.0. The van der Waals surface area contributed by atoms with Crippen LogP contribution in [-0.4, -0.2) is 0 Å². The first-order valence-electron chi connectivity index (χ1n) is 18.5. The molecule has 0 unspecified atom stereocenters. The first-order chi connectivity index (χ1) is 26.8. The molecule has 0 radical (unpaired) electrons. The van der Waals surface area contributed by atoms with E-state index in [-0.39, 0.29) is 0 Å². The van der Waals surface area contributed by atoms with E-state index >= 15 is 0 Å². The Kier molecular flexibility index (Phi) is 6.90. The Balaban J connectivity index is 1.23. The lowest BCUT2D eigenvalue weighted by molar-refractivity contribution is 0.672. The van der Waals surface area contributed by atoms with E-state index in [4.69, 9.17) is 4.42 Å². The van der Waals surface area contributed by atoms with Crippen LogP contribution in [0.25, 0.3) is 87.3 Å². The molecule has 0 spiro atoms. The first kappa shape index (κ1) is 30.5. The quantitative estimate of drug-likeness (QED) is 0.168. The van der Waals surface area contributed by atoms with Gasteiger partial charge in [-0.15, -0.1) is 0 Å². The van der Waals surface area contributed by atoms with Crippen molar-refractivity contribution in [3.05, 3.63) is 200 Å². The maximum Gasteiger partial charge on any atom is 0.143 e. The molecule has 54 heavy (non-hydrogen) atoms. The Morgan fingerprint density at radius 1 is 0.333 bits per heavy atom. The van der Waals surface area contributed by atoms with Gasteiger partial charge < -0.3 is 9.32 Å². The molecule has 0 saturated carbocycles. The summed E-state index contributed by atoms with van der Waals surface area (Å²) in [7, 11) is 0. The average molecular weight is 688 g/mol. The number of benzene rings is 10. The van der Waals surface area contributed by atoms with Gasteiger partial charge in [0.2, 0.25) is 0 Å². The molecule has 0 fully saturated rings. The Morgan fingerprint density at radius 3 is 1.63 bits per heavy atom. The molecule has 1 heterocycles. The van der Waals surface area contributed by atoms with Crippen molar-refractivity contribution in [2.45, 2.75) is 0 Å². The summed E-state index contributed by atoms with van der Waals surface area (Å²) in [4.78, 5) is 2.43. The predicted octanol–water partition coefficient (Wildman–Crippen LogP) is 15.0. The number of nitrogens with zero attached hydrogens (tertiary/aromatic N) is 1.